The molecule has 2 aliphatic rings. The largest absolute Gasteiger partial charge is 0.444 e. The molecule has 104 valence electrons. The highest BCUT2D eigenvalue weighted by Gasteiger charge is 2.34. The van der Waals surface area contributed by atoms with Gasteiger partial charge in [0.2, 0.25) is 0 Å². The second kappa shape index (κ2) is 5.47. The van der Waals surface area contributed by atoms with Gasteiger partial charge in [0.1, 0.15) is 5.60 Å². The summed E-state index contributed by atoms with van der Waals surface area (Å²) >= 11 is 0. The minimum atomic E-state index is -0.380. The molecule has 0 unspecified atom stereocenters. The molecule has 18 heavy (non-hydrogen) atoms. The van der Waals surface area contributed by atoms with Gasteiger partial charge >= 0.3 is 6.09 Å². The van der Waals surface area contributed by atoms with Gasteiger partial charge < -0.3 is 14.5 Å². The van der Waals surface area contributed by atoms with Crippen LogP contribution in [0.5, 0.6) is 0 Å². The van der Waals surface area contributed by atoms with E-state index in [1.165, 1.54) is 32.4 Å². The lowest BCUT2D eigenvalue weighted by molar-refractivity contribution is -0.00721. The van der Waals surface area contributed by atoms with Gasteiger partial charge in [0.05, 0.1) is 0 Å². The van der Waals surface area contributed by atoms with E-state index in [2.05, 4.69) is 4.90 Å². The van der Waals surface area contributed by atoms with Crippen LogP contribution < -0.4 is 0 Å². The lowest BCUT2D eigenvalue weighted by Crippen LogP contribution is -2.55. The fourth-order valence-electron chi connectivity index (χ4n) is 2.67. The van der Waals surface area contributed by atoms with Gasteiger partial charge in [-0.1, -0.05) is 6.42 Å². The number of likely N-dealkylation sites (tertiary alicyclic amines) is 2. The third-order valence-electron chi connectivity index (χ3n) is 3.57. The molecule has 0 bridgehead atoms. The van der Waals surface area contributed by atoms with E-state index in [1.807, 2.05) is 25.7 Å². The molecule has 2 fully saturated rings. The number of ether oxygens (including phenoxy) is 1. The molecule has 2 aliphatic heterocycles. The van der Waals surface area contributed by atoms with E-state index in [1.54, 1.807) is 0 Å². The normalized spacial score (nSPS) is 22.7. The van der Waals surface area contributed by atoms with Gasteiger partial charge in [-0.3, -0.25) is 0 Å². The average molecular weight is 254 g/mol. The molecule has 0 N–H and O–H groups in total. The molecular weight excluding hydrogens is 228 g/mol. The third kappa shape index (κ3) is 3.87. The third-order valence-corrected chi connectivity index (χ3v) is 3.57. The van der Waals surface area contributed by atoms with Crippen LogP contribution in [0.25, 0.3) is 0 Å². The van der Waals surface area contributed by atoms with Crippen molar-refractivity contribution in [3.05, 3.63) is 0 Å². The van der Waals surface area contributed by atoms with Gasteiger partial charge in [0.15, 0.2) is 0 Å². The number of piperidine rings is 1. The summed E-state index contributed by atoms with van der Waals surface area (Å²) in [6.45, 7) is 11.1. The van der Waals surface area contributed by atoms with Crippen LogP contribution in [-0.4, -0.2) is 54.2 Å². The van der Waals surface area contributed by atoms with E-state index in [0.29, 0.717) is 5.92 Å². The van der Waals surface area contributed by atoms with E-state index in [4.69, 9.17) is 4.74 Å². The molecule has 2 rings (SSSR count). The first kappa shape index (κ1) is 13.7. The molecule has 0 saturated carbocycles. The zero-order valence-corrected chi connectivity index (χ0v) is 11.9. The highest BCUT2D eigenvalue weighted by Crippen LogP contribution is 2.21. The predicted octanol–water partition coefficient (Wildman–Crippen LogP) is 2.34. The summed E-state index contributed by atoms with van der Waals surface area (Å²) in [7, 11) is 0. The quantitative estimate of drug-likeness (QED) is 0.758. The zero-order chi connectivity index (χ0) is 13.2. The molecule has 0 aromatic carbocycles. The fourth-order valence-corrected chi connectivity index (χ4v) is 2.67. The second-order valence-electron chi connectivity index (χ2n) is 6.61. The Morgan fingerprint density at radius 2 is 1.78 bits per heavy atom. The summed E-state index contributed by atoms with van der Waals surface area (Å²) in [6.07, 6.45) is 3.90. The van der Waals surface area contributed by atoms with Crippen LogP contribution in [0.1, 0.15) is 40.0 Å². The van der Waals surface area contributed by atoms with Crippen LogP contribution in [0.3, 0.4) is 0 Å². The molecule has 0 atom stereocenters. The highest BCUT2D eigenvalue weighted by atomic mass is 16.6. The molecular formula is C14H26N2O2. The molecule has 0 aromatic rings. The second-order valence-corrected chi connectivity index (χ2v) is 6.61. The lowest BCUT2D eigenvalue weighted by Gasteiger charge is -2.42. The van der Waals surface area contributed by atoms with Gasteiger partial charge in [-0.05, 0) is 46.7 Å². The van der Waals surface area contributed by atoms with Crippen molar-refractivity contribution in [1.29, 1.82) is 0 Å². The Hall–Kier alpha value is -0.770. The number of carbonyl (C=O) groups is 1. The van der Waals surface area contributed by atoms with Crippen molar-refractivity contribution in [1.82, 2.24) is 9.80 Å². The molecule has 0 radical (unpaired) electrons. The van der Waals surface area contributed by atoms with Crippen LogP contribution in [-0.2, 0) is 4.74 Å². The van der Waals surface area contributed by atoms with Gasteiger partial charge in [-0.2, -0.15) is 0 Å². The van der Waals surface area contributed by atoms with Crippen molar-refractivity contribution in [2.75, 3.05) is 32.7 Å². The molecule has 0 spiro atoms. The maximum absolute atomic E-state index is 11.8. The van der Waals surface area contributed by atoms with Crippen molar-refractivity contribution in [3.63, 3.8) is 0 Å². The van der Waals surface area contributed by atoms with Gasteiger partial charge in [0.25, 0.3) is 0 Å². The van der Waals surface area contributed by atoms with Gasteiger partial charge in [-0.25, -0.2) is 4.79 Å². The van der Waals surface area contributed by atoms with Gasteiger partial charge in [0, 0.05) is 25.6 Å². The predicted molar refractivity (Wildman–Crippen MR) is 71.6 cm³/mol. The Bertz CT molecular complexity index is 287. The number of nitrogens with zero attached hydrogens (tertiary/aromatic N) is 2. The number of carbonyl (C=O) groups excluding carboxylic acids is 1. The van der Waals surface area contributed by atoms with Crippen molar-refractivity contribution < 1.29 is 9.53 Å². The molecule has 0 aliphatic carbocycles. The van der Waals surface area contributed by atoms with Crippen LogP contribution >= 0.6 is 0 Å². The smallest absolute Gasteiger partial charge is 0.410 e. The standard InChI is InChI=1S/C14H26N2O2/c1-14(2,3)18-13(17)16-10-12(11-16)9-15-7-5-4-6-8-15/h12H,4-11H2,1-3H3. The Labute approximate surface area is 110 Å². The van der Waals surface area contributed by atoms with Crippen molar-refractivity contribution in [3.8, 4) is 0 Å². The van der Waals surface area contributed by atoms with E-state index in [-0.39, 0.29) is 11.7 Å². The SMILES string of the molecule is CC(C)(C)OC(=O)N1CC(CN2CCCCC2)C1. The topological polar surface area (TPSA) is 32.8 Å². The first-order valence-electron chi connectivity index (χ1n) is 7.14. The zero-order valence-electron chi connectivity index (χ0n) is 11.9. The Balaban J connectivity index is 1.65. The summed E-state index contributed by atoms with van der Waals surface area (Å²) < 4.78 is 5.35. The van der Waals surface area contributed by atoms with Gasteiger partial charge in [-0.15, -0.1) is 0 Å². The summed E-state index contributed by atoms with van der Waals surface area (Å²) in [4.78, 5) is 16.1. The van der Waals surface area contributed by atoms with Crippen molar-refractivity contribution in [2.45, 2.75) is 45.6 Å². The first-order valence-corrected chi connectivity index (χ1v) is 7.14. The monoisotopic (exact) mass is 254 g/mol. The molecule has 2 heterocycles. The molecule has 2 saturated heterocycles. The summed E-state index contributed by atoms with van der Waals surface area (Å²) in [5, 5.41) is 0. The minimum absolute atomic E-state index is 0.155. The Kier molecular flexibility index (Phi) is 4.15. The maximum Gasteiger partial charge on any atom is 0.410 e. The lowest BCUT2D eigenvalue weighted by atomic mass is 9.99. The number of hydrogen-bond donors (Lipinski definition) is 0. The highest BCUT2D eigenvalue weighted by molar-refractivity contribution is 5.69. The Morgan fingerprint density at radius 1 is 1.17 bits per heavy atom. The number of amides is 1. The minimum Gasteiger partial charge on any atom is -0.444 e. The van der Waals surface area contributed by atoms with Crippen molar-refractivity contribution in [2.24, 2.45) is 5.92 Å². The summed E-state index contributed by atoms with van der Waals surface area (Å²) in [6, 6.07) is 0. The Morgan fingerprint density at radius 3 is 2.33 bits per heavy atom. The molecule has 1 amide bonds. The fraction of sp³-hybridized carbons (Fsp3) is 0.929. The van der Waals surface area contributed by atoms with E-state index < -0.39 is 0 Å². The average Bonchev–Trinajstić information content (AvgIpc) is 2.21. The van der Waals surface area contributed by atoms with Crippen molar-refractivity contribution >= 4 is 6.09 Å². The van der Waals surface area contributed by atoms with Crippen LogP contribution in [0.15, 0.2) is 0 Å². The molecule has 4 heteroatoms. The summed E-state index contributed by atoms with van der Waals surface area (Å²) in [5.74, 6) is 0.649. The maximum atomic E-state index is 11.8. The van der Waals surface area contributed by atoms with E-state index in [0.717, 1.165) is 19.6 Å². The number of hydrogen-bond acceptors (Lipinski definition) is 3. The summed E-state index contributed by atoms with van der Waals surface area (Å²) in [5.41, 5.74) is -0.380. The number of rotatable bonds is 2. The molecule has 0 aromatic heterocycles. The van der Waals surface area contributed by atoms with Crippen LogP contribution in [0, 0.1) is 5.92 Å². The van der Waals surface area contributed by atoms with E-state index in [9.17, 15) is 4.79 Å². The van der Waals surface area contributed by atoms with Crippen LogP contribution in [0.4, 0.5) is 4.79 Å². The van der Waals surface area contributed by atoms with E-state index >= 15 is 0 Å². The van der Waals surface area contributed by atoms with Crippen LogP contribution in [0.2, 0.25) is 0 Å². The molecule has 4 nitrogen and oxygen atoms in total. The first-order chi connectivity index (χ1) is 8.44.